The number of aryl methyl sites for hydroxylation is 1. The maximum absolute atomic E-state index is 9.17. The Morgan fingerprint density at radius 2 is 2.36 bits per heavy atom. The van der Waals surface area contributed by atoms with E-state index < -0.39 is 0 Å². The van der Waals surface area contributed by atoms with Crippen LogP contribution in [0.4, 0.5) is 0 Å². The third kappa shape index (κ3) is 2.62. The second-order valence-corrected chi connectivity index (χ2v) is 3.73. The fourth-order valence-electron chi connectivity index (χ4n) is 1.21. The maximum Gasteiger partial charge on any atom is 0.125 e. The third-order valence-corrected chi connectivity index (χ3v) is 2.23. The van der Waals surface area contributed by atoms with Gasteiger partial charge >= 0.3 is 0 Å². The van der Waals surface area contributed by atoms with E-state index in [1.807, 2.05) is 19.9 Å². The average molecular weight is 257 g/mol. The molecule has 0 aliphatic heterocycles. The highest BCUT2D eigenvalue weighted by molar-refractivity contribution is 9.10. The zero-order valence-corrected chi connectivity index (χ0v) is 9.87. The zero-order chi connectivity index (χ0) is 10.6. The van der Waals surface area contributed by atoms with E-state index in [1.54, 1.807) is 6.20 Å². The van der Waals surface area contributed by atoms with Crippen molar-refractivity contribution in [2.24, 2.45) is 0 Å². The molecule has 3 nitrogen and oxygen atoms in total. The molecule has 0 atom stereocenters. The smallest absolute Gasteiger partial charge is 0.125 e. The Labute approximate surface area is 92.0 Å². The third-order valence-electron chi connectivity index (χ3n) is 1.85. The summed E-state index contributed by atoms with van der Waals surface area (Å²) in [6, 6.07) is 0. The molecule has 1 rings (SSSR count). The quantitative estimate of drug-likeness (QED) is 0.903. The van der Waals surface area contributed by atoms with E-state index in [1.165, 1.54) is 0 Å². The minimum absolute atomic E-state index is 0.000185. The van der Waals surface area contributed by atoms with Gasteiger partial charge in [0.25, 0.3) is 0 Å². The number of aromatic nitrogens is 2. The van der Waals surface area contributed by atoms with Crippen molar-refractivity contribution in [2.75, 3.05) is 6.61 Å². The van der Waals surface area contributed by atoms with Crippen LogP contribution in [-0.2, 0) is 0 Å². The van der Waals surface area contributed by atoms with Gasteiger partial charge in [-0.2, -0.15) is 0 Å². The van der Waals surface area contributed by atoms with E-state index in [-0.39, 0.29) is 6.61 Å². The van der Waals surface area contributed by atoms with Gasteiger partial charge in [-0.25, -0.2) is 4.98 Å². The minimum atomic E-state index is -0.000185. The Hall–Kier alpha value is -0.740. The summed E-state index contributed by atoms with van der Waals surface area (Å²) in [5.41, 5.74) is 2.43. The van der Waals surface area contributed by atoms with E-state index >= 15 is 0 Å². The lowest BCUT2D eigenvalue weighted by Crippen LogP contribution is -2.00. The number of nitrogens with zero attached hydrogens (tertiary/aromatic N) is 2. The molecule has 0 aliphatic carbocycles. The number of aliphatic hydroxyl groups is 1. The molecule has 0 fully saturated rings. The monoisotopic (exact) mass is 256 g/mol. The summed E-state index contributed by atoms with van der Waals surface area (Å²) < 4.78 is 0.688. The first-order valence-corrected chi connectivity index (χ1v) is 5.27. The van der Waals surface area contributed by atoms with Gasteiger partial charge in [0.2, 0.25) is 0 Å². The van der Waals surface area contributed by atoms with Crippen LogP contribution in [0.3, 0.4) is 0 Å². The Kier molecular flexibility index (Phi) is 4.22. The van der Waals surface area contributed by atoms with Crippen LogP contribution in [-0.4, -0.2) is 21.7 Å². The summed E-state index contributed by atoms with van der Waals surface area (Å²) in [6.07, 6.45) is 4.49. The SMILES string of the molecule is CC/C=C(/CO)c1nc(Br)cnc1C. The largest absolute Gasteiger partial charge is 0.392 e. The van der Waals surface area contributed by atoms with Gasteiger partial charge < -0.3 is 5.11 Å². The molecular formula is C10H13BrN2O. The van der Waals surface area contributed by atoms with Crippen molar-refractivity contribution >= 4 is 21.5 Å². The molecule has 1 aromatic heterocycles. The van der Waals surface area contributed by atoms with E-state index in [0.717, 1.165) is 23.4 Å². The summed E-state index contributed by atoms with van der Waals surface area (Å²) in [4.78, 5) is 8.46. The number of rotatable bonds is 3. The van der Waals surface area contributed by atoms with E-state index in [4.69, 9.17) is 0 Å². The lowest BCUT2D eigenvalue weighted by atomic mass is 10.1. The maximum atomic E-state index is 9.17. The standard InChI is InChI=1S/C10H13BrN2O/c1-3-4-8(6-14)10-7(2)12-5-9(11)13-10/h4-5,14H,3,6H2,1-2H3/b8-4-. The fraction of sp³-hybridized carbons (Fsp3) is 0.400. The van der Waals surface area contributed by atoms with Gasteiger partial charge in [-0.3, -0.25) is 4.98 Å². The van der Waals surface area contributed by atoms with Gasteiger partial charge in [0, 0.05) is 5.57 Å². The van der Waals surface area contributed by atoms with Crippen molar-refractivity contribution < 1.29 is 5.11 Å². The van der Waals surface area contributed by atoms with Crippen LogP contribution < -0.4 is 0 Å². The highest BCUT2D eigenvalue weighted by Crippen LogP contribution is 2.17. The van der Waals surface area contributed by atoms with Crippen LogP contribution in [0.2, 0.25) is 0 Å². The first-order valence-electron chi connectivity index (χ1n) is 4.48. The zero-order valence-electron chi connectivity index (χ0n) is 8.29. The van der Waals surface area contributed by atoms with Crippen LogP contribution in [0.1, 0.15) is 24.7 Å². The van der Waals surface area contributed by atoms with E-state index in [9.17, 15) is 5.11 Å². The van der Waals surface area contributed by atoms with Crippen LogP contribution >= 0.6 is 15.9 Å². The number of aliphatic hydroxyl groups excluding tert-OH is 1. The lowest BCUT2D eigenvalue weighted by Gasteiger charge is -2.06. The Morgan fingerprint density at radius 3 is 2.93 bits per heavy atom. The number of hydrogen-bond acceptors (Lipinski definition) is 3. The predicted octanol–water partition coefficient (Wildman–Crippen LogP) is 2.33. The number of halogens is 1. The molecule has 0 unspecified atom stereocenters. The van der Waals surface area contributed by atoms with Gasteiger partial charge in [0.1, 0.15) is 4.60 Å². The summed E-state index contributed by atoms with van der Waals surface area (Å²) in [6.45, 7) is 3.91. The molecule has 1 aromatic rings. The van der Waals surface area contributed by atoms with Gasteiger partial charge in [-0.15, -0.1) is 0 Å². The first-order chi connectivity index (χ1) is 6.69. The molecule has 76 valence electrons. The molecule has 0 bridgehead atoms. The van der Waals surface area contributed by atoms with Gasteiger partial charge in [-0.05, 0) is 29.3 Å². The topological polar surface area (TPSA) is 46.0 Å². The molecule has 0 aliphatic rings. The summed E-state index contributed by atoms with van der Waals surface area (Å²) in [7, 11) is 0. The molecule has 4 heteroatoms. The molecule has 0 saturated heterocycles. The lowest BCUT2D eigenvalue weighted by molar-refractivity contribution is 0.349. The van der Waals surface area contributed by atoms with Crippen molar-refractivity contribution in [1.82, 2.24) is 9.97 Å². The molecular weight excluding hydrogens is 244 g/mol. The average Bonchev–Trinajstić information content (AvgIpc) is 2.18. The molecule has 0 radical (unpaired) electrons. The van der Waals surface area contributed by atoms with Crippen molar-refractivity contribution in [3.63, 3.8) is 0 Å². The fourth-order valence-corrected chi connectivity index (χ4v) is 1.49. The molecule has 1 heterocycles. The van der Waals surface area contributed by atoms with E-state index in [2.05, 4.69) is 25.9 Å². The van der Waals surface area contributed by atoms with E-state index in [0.29, 0.717) is 4.60 Å². The molecule has 0 spiro atoms. The van der Waals surface area contributed by atoms with Crippen LogP contribution in [0.25, 0.3) is 5.57 Å². The van der Waals surface area contributed by atoms with Crippen LogP contribution in [0.5, 0.6) is 0 Å². The van der Waals surface area contributed by atoms with Crippen molar-refractivity contribution in [3.05, 3.63) is 28.3 Å². The minimum Gasteiger partial charge on any atom is -0.392 e. The Balaban J connectivity index is 3.15. The van der Waals surface area contributed by atoms with Gasteiger partial charge in [-0.1, -0.05) is 13.0 Å². The highest BCUT2D eigenvalue weighted by Gasteiger charge is 2.07. The second-order valence-electron chi connectivity index (χ2n) is 2.92. The Morgan fingerprint density at radius 1 is 1.64 bits per heavy atom. The first kappa shape index (κ1) is 11.3. The van der Waals surface area contributed by atoms with Crippen LogP contribution in [0, 0.1) is 6.92 Å². The molecule has 1 N–H and O–H groups in total. The predicted molar refractivity (Wildman–Crippen MR) is 59.8 cm³/mol. The normalized spacial score (nSPS) is 11.9. The van der Waals surface area contributed by atoms with Crippen molar-refractivity contribution in [2.45, 2.75) is 20.3 Å². The summed E-state index contributed by atoms with van der Waals surface area (Å²) >= 11 is 3.26. The second kappa shape index (κ2) is 5.22. The number of hydrogen-bond donors (Lipinski definition) is 1. The Bertz CT molecular complexity index is 350. The molecule has 0 saturated carbocycles. The summed E-state index contributed by atoms with van der Waals surface area (Å²) in [5, 5.41) is 9.17. The number of allylic oxidation sites excluding steroid dienone is 1. The molecule has 0 aromatic carbocycles. The molecule has 14 heavy (non-hydrogen) atoms. The van der Waals surface area contributed by atoms with Gasteiger partial charge in [0.05, 0.1) is 24.2 Å². The van der Waals surface area contributed by atoms with Crippen molar-refractivity contribution in [3.8, 4) is 0 Å². The van der Waals surface area contributed by atoms with Crippen molar-refractivity contribution in [1.29, 1.82) is 0 Å². The molecule has 0 amide bonds. The van der Waals surface area contributed by atoms with Crippen LogP contribution in [0.15, 0.2) is 16.9 Å². The highest BCUT2D eigenvalue weighted by atomic mass is 79.9. The summed E-state index contributed by atoms with van der Waals surface area (Å²) in [5.74, 6) is 0. The van der Waals surface area contributed by atoms with Gasteiger partial charge in [0.15, 0.2) is 0 Å².